The lowest BCUT2D eigenvalue weighted by Gasteiger charge is -2.10. The molecular weight excluding hydrogens is 719 g/mol. The number of hydrogen-bond acceptors (Lipinski definition) is 2. The molecule has 0 saturated heterocycles. The van der Waals surface area contributed by atoms with E-state index in [2.05, 4.69) is 214 Å². The highest BCUT2D eigenvalue weighted by atomic mass is 15.1. The molecule has 0 aliphatic rings. The van der Waals surface area contributed by atoms with Gasteiger partial charge in [-0.1, -0.05) is 140 Å². The highest BCUT2D eigenvalue weighted by molar-refractivity contribution is 6.12. The molecule has 0 aliphatic heterocycles. The summed E-state index contributed by atoms with van der Waals surface area (Å²) in [6.45, 7) is 0. The lowest BCUT2D eigenvalue weighted by molar-refractivity contribution is 1.11. The van der Waals surface area contributed by atoms with Crippen molar-refractivity contribution in [3.63, 3.8) is 0 Å². The second kappa shape index (κ2) is 13.3. The number of para-hydroxylation sites is 3. The summed E-state index contributed by atoms with van der Waals surface area (Å²) in [6, 6.07) is 73.5. The van der Waals surface area contributed by atoms with Gasteiger partial charge in [-0.3, -0.25) is 4.40 Å². The molecule has 5 nitrogen and oxygen atoms in total. The van der Waals surface area contributed by atoms with Gasteiger partial charge in [0.1, 0.15) is 0 Å². The molecule has 8 aromatic carbocycles. The highest BCUT2D eigenvalue weighted by Crippen LogP contribution is 2.39. The van der Waals surface area contributed by atoms with E-state index < -0.39 is 0 Å². The summed E-state index contributed by atoms with van der Waals surface area (Å²) in [5, 5.41) is 4.95. The van der Waals surface area contributed by atoms with Gasteiger partial charge in [-0.15, -0.1) is 0 Å². The Hall–Kier alpha value is -8.02. The standard InChI is InChI=1S/C54H35N5/c1-4-14-37(15-5-1)52-53(38-16-6-2-7-17-38)57-33-32-47(55-54(57)56-52)36-24-28-42(29-25-36)59-49-23-13-11-21-44(49)46-35-40(27-31-51(46)59)39-26-30-50-45(34-39)43-20-10-12-22-48(43)58(50)41-18-8-3-9-19-41/h1-35H. The molecule has 12 rings (SSSR count). The fourth-order valence-electron chi connectivity index (χ4n) is 8.98. The summed E-state index contributed by atoms with van der Waals surface area (Å²) >= 11 is 0. The van der Waals surface area contributed by atoms with Crippen LogP contribution in [0.3, 0.4) is 0 Å². The summed E-state index contributed by atoms with van der Waals surface area (Å²) in [5.74, 6) is 0.670. The van der Waals surface area contributed by atoms with Crippen LogP contribution in [0.5, 0.6) is 0 Å². The third-order valence-corrected chi connectivity index (χ3v) is 11.7. The molecule has 0 bridgehead atoms. The maximum Gasteiger partial charge on any atom is 0.235 e. The van der Waals surface area contributed by atoms with Crippen LogP contribution in [0.15, 0.2) is 212 Å². The van der Waals surface area contributed by atoms with Crippen molar-refractivity contribution in [1.82, 2.24) is 23.5 Å². The summed E-state index contributed by atoms with van der Waals surface area (Å²) in [4.78, 5) is 10.2. The highest BCUT2D eigenvalue weighted by Gasteiger charge is 2.19. The van der Waals surface area contributed by atoms with Crippen LogP contribution < -0.4 is 0 Å². The number of aromatic nitrogens is 5. The Kier molecular flexibility index (Phi) is 7.47. The molecule has 0 atom stereocenters. The van der Waals surface area contributed by atoms with Gasteiger partial charge < -0.3 is 9.13 Å². The second-order valence-electron chi connectivity index (χ2n) is 15.1. The molecule has 0 radical (unpaired) electrons. The van der Waals surface area contributed by atoms with Crippen molar-refractivity contribution in [3.05, 3.63) is 212 Å². The van der Waals surface area contributed by atoms with Crippen LogP contribution in [0.25, 0.3) is 106 Å². The molecule has 5 heteroatoms. The molecule has 0 saturated carbocycles. The zero-order valence-electron chi connectivity index (χ0n) is 31.9. The third-order valence-electron chi connectivity index (χ3n) is 11.7. The van der Waals surface area contributed by atoms with Gasteiger partial charge in [-0.25, -0.2) is 9.97 Å². The Balaban J connectivity index is 0.933. The Labute approximate surface area is 340 Å². The molecule has 0 amide bonds. The lowest BCUT2D eigenvalue weighted by Crippen LogP contribution is -1.95. The minimum absolute atomic E-state index is 0.670. The summed E-state index contributed by atoms with van der Waals surface area (Å²) in [6.07, 6.45) is 2.09. The van der Waals surface area contributed by atoms with Crippen molar-refractivity contribution >= 4 is 49.4 Å². The molecule has 276 valence electrons. The molecule has 0 fully saturated rings. The summed E-state index contributed by atoms with van der Waals surface area (Å²) < 4.78 is 6.84. The van der Waals surface area contributed by atoms with Gasteiger partial charge in [-0.2, -0.15) is 0 Å². The van der Waals surface area contributed by atoms with E-state index in [-0.39, 0.29) is 0 Å². The predicted molar refractivity (Wildman–Crippen MR) is 243 cm³/mol. The van der Waals surface area contributed by atoms with E-state index >= 15 is 0 Å². The van der Waals surface area contributed by atoms with E-state index in [9.17, 15) is 0 Å². The lowest BCUT2D eigenvalue weighted by atomic mass is 10.0. The molecule has 4 heterocycles. The Morgan fingerprint density at radius 3 is 1.39 bits per heavy atom. The van der Waals surface area contributed by atoms with Crippen molar-refractivity contribution in [3.8, 4) is 56.3 Å². The van der Waals surface area contributed by atoms with Crippen LogP contribution >= 0.6 is 0 Å². The minimum Gasteiger partial charge on any atom is -0.309 e. The van der Waals surface area contributed by atoms with Crippen molar-refractivity contribution in [2.24, 2.45) is 0 Å². The van der Waals surface area contributed by atoms with Crippen LogP contribution in [0.2, 0.25) is 0 Å². The van der Waals surface area contributed by atoms with Crippen LogP contribution in [0.1, 0.15) is 0 Å². The smallest absolute Gasteiger partial charge is 0.235 e. The minimum atomic E-state index is 0.670. The van der Waals surface area contributed by atoms with E-state index in [1.807, 2.05) is 12.1 Å². The predicted octanol–water partition coefficient (Wildman–Crippen LogP) is 13.6. The SMILES string of the molecule is c1ccc(-c2nc3nc(-c4ccc(-n5c6ccccc6c6cc(-c7ccc8c(c7)c7ccccc7n8-c7ccccc7)ccc65)cc4)ccn3c2-c2ccccc2)cc1. The van der Waals surface area contributed by atoms with Crippen molar-refractivity contribution in [2.75, 3.05) is 0 Å². The van der Waals surface area contributed by atoms with Gasteiger partial charge in [0, 0.05) is 55.8 Å². The van der Waals surface area contributed by atoms with Crippen LogP contribution in [0, 0.1) is 0 Å². The largest absolute Gasteiger partial charge is 0.309 e. The fraction of sp³-hybridized carbons (Fsp3) is 0. The van der Waals surface area contributed by atoms with Crippen LogP contribution in [-0.4, -0.2) is 23.5 Å². The number of nitrogens with zero attached hydrogens (tertiary/aromatic N) is 5. The normalized spacial score (nSPS) is 11.7. The average Bonchev–Trinajstić information content (AvgIpc) is 3.97. The monoisotopic (exact) mass is 753 g/mol. The van der Waals surface area contributed by atoms with E-state index in [1.165, 1.54) is 60.4 Å². The average molecular weight is 754 g/mol. The molecule has 4 aromatic heterocycles. The van der Waals surface area contributed by atoms with E-state index in [0.29, 0.717) is 5.78 Å². The van der Waals surface area contributed by atoms with Gasteiger partial charge in [0.2, 0.25) is 5.78 Å². The van der Waals surface area contributed by atoms with Gasteiger partial charge >= 0.3 is 0 Å². The van der Waals surface area contributed by atoms with Crippen molar-refractivity contribution in [1.29, 1.82) is 0 Å². The first-order chi connectivity index (χ1) is 29.3. The first-order valence-corrected chi connectivity index (χ1v) is 20.0. The zero-order valence-corrected chi connectivity index (χ0v) is 31.9. The zero-order chi connectivity index (χ0) is 38.9. The third kappa shape index (κ3) is 5.33. The quantitative estimate of drug-likeness (QED) is 0.170. The number of rotatable bonds is 6. The summed E-state index contributed by atoms with van der Waals surface area (Å²) in [5.41, 5.74) is 15.5. The Morgan fingerprint density at radius 2 is 0.797 bits per heavy atom. The molecule has 0 aliphatic carbocycles. The number of imidazole rings is 1. The second-order valence-corrected chi connectivity index (χ2v) is 15.1. The Morgan fingerprint density at radius 1 is 0.322 bits per heavy atom. The first kappa shape index (κ1) is 33.2. The molecule has 59 heavy (non-hydrogen) atoms. The maximum absolute atomic E-state index is 5.10. The fourth-order valence-corrected chi connectivity index (χ4v) is 8.98. The molecule has 12 aromatic rings. The van der Waals surface area contributed by atoms with Gasteiger partial charge in [0.15, 0.2) is 0 Å². The van der Waals surface area contributed by atoms with Crippen molar-refractivity contribution in [2.45, 2.75) is 0 Å². The summed E-state index contributed by atoms with van der Waals surface area (Å²) in [7, 11) is 0. The number of hydrogen-bond donors (Lipinski definition) is 0. The Bertz CT molecular complexity index is 3520. The van der Waals surface area contributed by atoms with E-state index in [1.54, 1.807) is 0 Å². The molecule has 0 spiro atoms. The molecule has 0 unspecified atom stereocenters. The van der Waals surface area contributed by atoms with Gasteiger partial charge in [0.05, 0.1) is 39.1 Å². The number of fused-ring (bicyclic) bond motifs is 7. The van der Waals surface area contributed by atoms with Crippen LogP contribution in [0.4, 0.5) is 0 Å². The maximum atomic E-state index is 5.10. The number of benzene rings is 8. The first-order valence-electron chi connectivity index (χ1n) is 20.0. The topological polar surface area (TPSA) is 40.0 Å². The van der Waals surface area contributed by atoms with E-state index in [4.69, 9.17) is 9.97 Å². The van der Waals surface area contributed by atoms with Crippen molar-refractivity contribution < 1.29 is 0 Å². The van der Waals surface area contributed by atoms with Crippen LogP contribution in [-0.2, 0) is 0 Å². The molecule has 0 N–H and O–H groups in total. The van der Waals surface area contributed by atoms with Gasteiger partial charge in [-0.05, 0) is 77.9 Å². The molecular formula is C54H35N5. The van der Waals surface area contributed by atoms with E-state index in [0.717, 1.165) is 39.5 Å². The van der Waals surface area contributed by atoms with Gasteiger partial charge in [0.25, 0.3) is 0 Å².